The molecule has 2 rings (SSSR count). The Morgan fingerprint density at radius 1 is 1.35 bits per heavy atom. The van der Waals surface area contributed by atoms with E-state index in [1.807, 2.05) is 11.6 Å². The summed E-state index contributed by atoms with van der Waals surface area (Å²) in [5.41, 5.74) is 0.391. The molecule has 0 radical (unpaired) electrons. The molecule has 1 aliphatic rings. The third kappa shape index (κ3) is 3.48. The highest BCUT2D eigenvalue weighted by atomic mass is 32.2. The molecule has 0 fully saturated rings. The second kappa shape index (κ2) is 6.46. The van der Waals surface area contributed by atoms with Gasteiger partial charge in [0.05, 0.1) is 0 Å². The largest absolute Gasteiger partial charge is 0.337 e. The van der Waals surface area contributed by atoms with E-state index < -0.39 is 31.0 Å². The van der Waals surface area contributed by atoms with Crippen molar-refractivity contribution in [1.82, 2.24) is 14.3 Å². The molecular weight excluding hydrogens is 342 g/mol. The van der Waals surface area contributed by atoms with Crippen LogP contribution in [0.5, 0.6) is 0 Å². The van der Waals surface area contributed by atoms with E-state index in [0.717, 1.165) is 10.7 Å². The average molecular weight is 361 g/mol. The molecule has 2 N–H and O–H groups in total. The van der Waals surface area contributed by atoms with E-state index in [4.69, 9.17) is 0 Å². The van der Waals surface area contributed by atoms with E-state index in [-0.39, 0.29) is 11.4 Å². The highest BCUT2D eigenvalue weighted by molar-refractivity contribution is 7.92. The number of amides is 2. The summed E-state index contributed by atoms with van der Waals surface area (Å²) in [6, 6.07) is 3.31. The van der Waals surface area contributed by atoms with Gasteiger partial charge >= 0.3 is 6.03 Å². The van der Waals surface area contributed by atoms with Crippen LogP contribution < -0.4 is 10.0 Å². The molecule has 0 aromatic heterocycles. The second-order valence-electron chi connectivity index (χ2n) is 5.22. The van der Waals surface area contributed by atoms with Crippen LogP contribution >= 0.6 is 0 Å². The molecule has 128 valence electrons. The predicted octanol–water partition coefficient (Wildman–Crippen LogP) is 0.609. The Labute approximate surface area is 136 Å². The highest BCUT2D eigenvalue weighted by Crippen LogP contribution is 2.33. The number of carbonyl (C=O) groups is 1. The molecule has 0 bridgehead atoms. The van der Waals surface area contributed by atoms with Gasteiger partial charge in [-0.15, -0.1) is 0 Å². The minimum absolute atomic E-state index is 0.101. The van der Waals surface area contributed by atoms with Gasteiger partial charge in [0.25, 0.3) is 10.0 Å². The van der Waals surface area contributed by atoms with Crippen molar-refractivity contribution in [3.05, 3.63) is 23.8 Å². The van der Waals surface area contributed by atoms with Gasteiger partial charge in [-0.2, -0.15) is 4.31 Å². The topological polar surface area (TPSA) is 113 Å². The molecule has 0 aliphatic carbocycles. The number of urea groups is 1. The number of unbranched alkanes of at least 4 members (excludes halogenated alkanes) is 1. The highest BCUT2D eigenvalue weighted by Gasteiger charge is 2.38. The summed E-state index contributed by atoms with van der Waals surface area (Å²) in [7, 11) is -6.78. The first kappa shape index (κ1) is 17.7. The van der Waals surface area contributed by atoms with Crippen LogP contribution in [-0.4, -0.2) is 40.8 Å². The van der Waals surface area contributed by atoms with Crippen LogP contribution in [0.4, 0.5) is 4.79 Å². The van der Waals surface area contributed by atoms with Crippen molar-refractivity contribution in [1.29, 1.82) is 0 Å². The number of benzene rings is 1. The summed E-state index contributed by atoms with van der Waals surface area (Å²) >= 11 is 0. The Hall–Kier alpha value is -1.65. The lowest BCUT2D eigenvalue weighted by Gasteiger charge is -2.11. The monoisotopic (exact) mass is 361 g/mol. The molecule has 0 atom stereocenters. The van der Waals surface area contributed by atoms with Gasteiger partial charge in [0, 0.05) is 20.1 Å². The van der Waals surface area contributed by atoms with E-state index in [1.165, 1.54) is 19.2 Å². The summed E-state index contributed by atoms with van der Waals surface area (Å²) in [6.45, 7) is 2.38. The van der Waals surface area contributed by atoms with Crippen molar-refractivity contribution >= 4 is 26.1 Å². The van der Waals surface area contributed by atoms with Crippen LogP contribution in [0.25, 0.3) is 0 Å². The van der Waals surface area contributed by atoms with Crippen LogP contribution in [0.15, 0.2) is 28.0 Å². The van der Waals surface area contributed by atoms with Gasteiger partial charge in [-0.1, -0.05) is 25.5 Å². The fourth-order valence-corrected chi connectivity index (χ4v) is 5.37. The van der Waals surface area contributed by atoms with Gasteiger partial charge in [-0.05, 0) is 18.1 Å². The van der Waals surface area contributed by atoms with Crippen molar-refractivity contribution in [3.8, 4) is 0 Å². The van der Waals surface area contributed by atoms with Gasteiger partial charge in [0.1, 0.15) is 9.79 Å². The summed E-state index contributed by atoms with van der Waals surface area (Å²) in [5, 5.41) is 2.42. The molecule has 8 nitrogen and oxygen atoms in total. The summed E-state index contributed by atoms with van der Waals surface area (Å²) < 4.78 is 52.2. The number of rotatable bonds is 5. The van der Waals surface area contributed by atoms with Crippen LogP contribution in [0.1, 0.15) is 25.3 Å². The van der Waals surface area contributed by atoms with E-state index in [9.17, 15) is 21.6 Å². The van der Waals surface area contributed by atoms with Crippen LogP contribution in [0.2, 0.25) is 0 Å². The smallest absolute Gasteiger partial charge is 0.328 e. The lowest BCUT2D eigenvalue weighted by atomic mass is 10.2. The standard InChI is InChI=1S/C13H19N3O5S2/c1-3-4-8-14-13(17)15-22(18,19)11-7-5-6-10-9-16(2)23(20,21)12(10)11/h5-7H,3-4,8-9H2,1-2H3,(H2,14,15,17). The lowest BCUT2D eigenvalue weighted by Crippen LogP contribution is -2.40. The normalized spacial score (nSPS) is 16.8. The number of hydrogen-bond donors (Lipinski definition) is 2. The zero-order valence-corrected chi connectivity index (χ0v) is 14.5. The molecular formula is C13H19N3O5S2. The van der Waals surface area contributed by atoms with Gasteiger partial charge < -0.3 is 5.32 Å². The van der Waals surface area contributed by atoms with Crippen molar-refractivity contribution in [2.45, 2.75) is 36.1 Å². The van der Waals surface area contributed by atoms with E-state index in [0.29, 0.717) is 18.5 Å². The predicted molar refractivity (Wildman–Crippen MR) is 83.7 cm³/mol. The van der Waals surface area contributed by atoms with Gasteiger partial charge in [-0.25, -0.2) is 26.4 Å². The van der Waals surface area contributed by atoms with Crippen LogP contribution in [0, 0.1) is 0 Å². The average Bonchev–Trinajstić information content (AvgIpc) is 2.69. The molecule has 1 aromatic carbocycles. The molecule has 0 saturated carbocycles. The molecule has 23 heavy (non-hydrogen) atoms. The SMILES string of the molecule is CCCCNC(=O)NS(=O)(=O)c1cccc2c1S(=O)(=O)N(C)C2. The van der Waals surface area contributed by atoms with Crippen molar-refractivity contribution < 1.29 is 21.6 Å². The third-order valence-corrected chi connectivity index (χ3v) is 6.90. The van der Waals surface area contributed by atoms with Gasteiger partial charge in [-0.3, -0.25) is 0 Å². The second-order valence-corrected chi connectivity index (χ2v) is 8.85. The maximum Gasteiger partial charge on any atom is 0.328 e. The van der Waals surface area contributed by atoms with Gasteiger partial charge in [0.15, 0.2) is 0 Å². The van der Waals surface area contributed by atoms with Crippen LogP contribution in [0.3, 0.4) is 0 Å². The fourth-order valence-electron chi connectivity index (χ4n) is 2.26. The number of carbonyl (C=O) groups excluding carboxylic acids is 1. The van der Waals surface area contributed by atoms with Gasteiger partial charge in [0.2, 0.25) is 10.0 Å². The fraction of sp³-hybridized carbons (Fsp3) is 0.462. The number of fused-ring (bicyclic) bond motifs is 1. The molecule has 1 aliphatic heterocycles. The molecule has 0 saturated heterocycles. The molecule has 0 spiro atoms. The quantitative estimate of drug-likeness (QED) is 0.746. The van der Waals surface area contributed by atoms with Crippen molar-refractivity contribution in [2.24, 2.45) is 0 Å². The third-order valence-electron chi connectivity index (χ3n) is 3.45. The molecule has 2 amide bonds. The van der Waals surface area contributed by atoms with Crippen molar-refractivity contribution in [3.63, 3.8) is 0 Å². The maximum atomic E-state index is 12.4. The molecule has 1 heterocycles. The number of sulfonamides is 2. The summed E-state index contributed by atoms with van der Waals surface area (Å²) in [4.78, 5) is 11.0. The Kier molecular flexibility index (Phi) is 4.97. The lowest BCUT2D eigenvalue weighted by molar-refractivity contribution is 0.245. The van der Waals surface area contributed by atoms with E-state index >= 15 is 0 Å². The van der Waals surface area contributed by atoms with E-state index in [1.54, 1.807) is 6.07 Å². The van der Waals surface area contributed by atoms with Crippen molar-refractivity contribution in [2.75, 3.05) is 13.6 Å². The van der Waals surface area contributed by atoms with E-state index in [2.05, 4.69) is 5.32 Å². The Bertz CT molecular complexity index is 818. The molecule has 0 unspecified atom stereocenters. The first-order chi connectivity index (χ1) is 10.7. The molecule has 1 aromatic rings. The Morgan fingerprint density at radius 2 is 2.04 bits per heavy atom. The first-order valence-corrected chi connectivity index (χ1v) is 10.0. The number of hydrogen-bond acceptors (Lipinski definition) is 5. The first-order valence-electron chi connectivity index (χ1n) is 7.09. The zero-order chi connectivity index (χ0) is 17.3. The Morgan fingerprint density at radius 3 is 2.70 bits per heavy atom. The minimum Gasteiger partial charge on any atom is -0.337 e. The maximum absolute atomic E-state index is 12.4. The number of nitrogens with one attached hydrogen (secondary N) is 2. The van der Waals surface area contributed by atoms with Crippen LogP contribution in [-0.2, 0) is 26.6 Å². The number of nitrogens with zero attached hydrogens (tertiary/aromatic N) is 1. The summed E-state index contributed by atoms with van der Waals surface area (Å²) in [6.07, 6.45) is 1.57. The zero-order valence-electron chi connectivity index (χ0n) is 12.9. The summed E-state index contributed by atoms with van der Waals surface area (Å²) in [5.74, 6) is 0. The Balaban J connectivity index is 2.33. The molecule has 10 heteroatoms. The minimum atomic E-state index is -4.28.